The van der Waals surface area contributed by atoms with Gasteiger partial charge in [0.1, 0.15) is 12.4 Å². The SMILES string of the molecule is COC(=O)c1c(COC(=O)COc2ccc(C3SCCCS3)cc2)nc2ccccc2c1C. The Morgan fingerprint density at radius 2 is 1.79 bits per heavy atom. The van der Waals surface area contributed by atoms with E-state index in [4.69, 9.17) is 14.2 Å². The van der Waals surface area contributed by atoms with Crippen LogP contribution in [0.25, 0.3) is 10.9 Å². The van der Waals surface area contributed by atoms with Gasteiger partial charge >= 0.3 is 11.9 Å². The normalized spacial score (nSPS) is 14.1. The number of carbonyl (C=O) groups excluding carboxylic acids is 2. The van der Waals surface area contributed by atoms with Crippen molar-refractivity contribution >= 4 is 46.4 Å². The maximum absolute atomic E-state index is 12.4. The first-order valence-electron chi connectivity index (χ1n) is 10.6. The average Bonchev–Trinajstić information content (AvgIpc) is 2.86. The summed E-state index contributed by atoms with van der Waals surface area (Å²) in [5, 5.41) is 0.852. The van der Waals surface area contributed by atoms with Gasteiger partial charge in [-0.3, -0.25) is 0 Å². The smallest absolute Gasteiger partial charge is 0.344 e. The second-order valence-corrected chi connectivity index (χ2v) is 10.2. The quantitative estimate of drug-likeness (QED) is 0.418. The van der Waals surface area contributed by atoms with Crippen LogP contribution in [0.4, 0.5) is 0 Å². The minimum Gasteiger partial charge on any atom is -0.482 e. The molecule has 0 radical (unpaired) electrons. The van der Waals surface area contributed by atoms with Crippen molar-refractivity contribution < 1.29 is 23.8 Å². The summed E-state index contributed by atoms with van der Waals surface area (Å²) >= 11 is 3.92. The summed E-state index contributed by atoms with van der Waals surface area (Å²) < 4.78 is 16.3. The number of carbonyl (C=O) groups is 2. The topological polar surface area (TPSA) is 74.7 Å². The fourth-order valence-corrected chi connectivity index (χ4v) is 6.55. The monoisotopic (exact) mass is 483 g/mol. The molecule has 1 aromatic heterocycles. The first kappa shape index (κ1) is 23.4. The molecule has 0 unspecified atom stereocenters. The molecule has 0 aliphatic carbocycles. The Balaban J connectivity index is 1.38. The van der Waals surface area contributed by atoms with Gasteiger partial charge in [0.15, 0.2) is 6.61 Å². The second-order valence-electron chi connectivity index (χ2n) is 7.51. The summed E-state index contributed by atoms with van der Waals surface area (Å²) in [5.74, 6) is 1.93. The van der Waals surface area contributed by atoms with Gasteiger partial charge in [-0.15, -0.1) is 23.5 Å². The van der Waals surface area contributed by atoms with Crippen LogP contribution >= 0.6 is 23.5 Å². The summed E-state index contributed by atoms with van der Waals surface area (Å²) in [6, 6.07) is 15.3. The standard InChI is InChI=1S/C25H25NO5S2/c1-16-19-6-3-4-7-20(19)26-21(23(16)24(28)29-2)14-31-22(27)15-30-18-10-8-17(9-11-18)25-32-12-5-13-33-25/h3-4,6-11,25H,5,12-15H2,1-2H3. The third-order valence-electron chi connectivity index (χ3n) is 5.32. The highest BCUT2D eigenvalue weighted by Crippen LogP contribution is 2.43. The zero-order valence-corrected chi connectivity index (χ0v) is 20.2. The van der Waals surface area contributed by atoms with Crippen LogP contribution < -0.4 is 4.74 Å². The predicted molar refractivity (Wildman–Crippen MR) is 132 cm³/mol. The Morgan fingerprint density at radius 1 is 1.06 bits per heavy atom. The number of aryl methyl sites for hydroxylation is 1. The predicted octanol–water partition coefficient (Wildman–Crippen LogP) is 5.32. The zero-order chi connectivity index (χ0) is 23.2. The number of esters is 2. The number of methoxy groups -OCH3 is 1. The van der Waals surface area contributed by atoms with Gasteiger partial charge in [-0.1, -0.05) is 30.3 Å². The van der Waals surface area contributed by atoms with Gasteiger partial charge < -0.3 is 14.2 Å². The van der Waals surface area contributed by atoms with Gasteiger partial charge in [-0.2, -0.15) is 0 Å². The molecule has 0 bridgehead atoms. The van der Waals surface area contributed by atoms with Gasteiger partial charge in [0, 0.05) is 5.39 Å². The highest BCUT2D eigenvalue weighted by Gasteiger charge is 2.21. The Bertz CT molecular complexity index is 1140. The summed E-state index contributed by atoms with van der Waals surface area (Å²) in [5.41, 5.74) is 3.40. The maximum atomic E-state index is 12.4. The van der Waals surface area contributed by atoms with E-state index in [2.05, 4.69) is 4.98 Å². The molecule has 4 rings (SSSR count). The molecule has 0 saturated carbocycles. The van der Waals surface area contributed by atoms with Crippen molar-refractivity contribution in [1.29, 1.82) is 0 Å². The number of thioether (sulfide) groups is 2. The minimum atomic E-state index is -0.541. The van der Waals surface area contributed by atoms with E-state index >= 15 is 0 Å². The molecule has 0 spiro atoms. The molecule has 172 valence electrons. The Kier molecular flexibility index (Phi) is 7.77. The highest BCUT2D eigenvalue weighted by molar-refractivity contribution is 8.16. The van der Waals surface area contributed by atoms with Gasteiger partial charge in [0.25, 0.3) is 0 Å². The van der Waals surface area contributed by atoms with Crippen molar-refractivity contribution in [3.8, 4) is 5.75 Å². The van der Waals surface area contributed by atoms with Crippen molar-refractivity contribution in [2.45, 2.75) is 24.5 Å². The van der Waals surface area contributed by atoms with Crippen molar-refractivity contribution in [2.24, 2.45) is 0 Å². The molecule has 3 aromatic rings. The van der Waals surface area contributed by atoms with Gasteiger partial charge in [-0.25, -0.2) is 14.6 Å². The van der Waals surface area contributed by atoms with Crippen molar-refractivity contribution in [1.82, 2.24) is 4.98 Å². The largest absolute Gasteiger partial charge is 0.482 e. The Labute approximate surface area is 201 Å². The second kappa shape index (κ2) is 10.9. The Hall–Kier alpha value is -2.71. The fraction of sp³-hybridized carbons (Fsp3) is 0.320. The van der Waals surface area contributed by atoms with Crippen LogP contribution in [0.2, 0.25) is 0 Å². The molecule has 2 aromatic carbocycles. The molecule has 0 amide bonds. The van der Waals surface area contributed by atoms with E-state index in [0.29, 0.717) is 21.6 Å². The molecule has 1 aliphatic rings. The maximum Gasteiger partial charge on any atom is 0.344 e. The Morgan fingerprint density at radius 3 is 2.52 bits per heavy atom. The summed E-state index contributed by atoms with van der Waals surface area (Å²) in [4.78, 5) is 29.2. The number of hydrogen-bond donors (Lipinski definition) is 0. The number of fused-ring (bicyclic) bond motifs is 1. The first-order chi connectivity index (χ1) is 16.1. The molecular formula is C25H25NO5S2. The molecule has 8 heteroatoms. The number of nitrogens with zero attached hydrogens (tertiary/aromatic N) is 1. The lowest BCUT2D eigenvalue weighted by Gasteiger charge is -2.21. The van der Waals surface area contributed by atoms with Crippen LogP contribution in [0.5, 0.6) is 5.75 Å². The number of hydrogen-bond acceptors (Lipinski definition) is 8. The number of rotatable bonds is 7. The lowest BCUT2D eigenvalue weighted by molar-refractivity contribution is -0.147. The first-order valence-corrected chi connectivity index (χ1v) is 12.7. The van der Waals surface area contributed by atoms with Crippen molar-refractivity contribution in [3.05, 3.63) is 70.9 Å². The van der Waals surface area contributed by atoms with E-state index in [-0.39, 0.29) is 13.2 Å². The fourth-order valence-electron chi connectivity index (χ4n) is 3.65. The molecule has 0 atom stereocenters. The van der Waals surface area contributed by atoms with E-state index in [1.165, 1.54) is 30.6 Å². The average molecular weight is 484 g/mol. The van der Waals surface area contributed by atoms with Crippen LogP contribution in [0.3, 0.4) is 0 Å². The molecule has 2 heterocycles. The van der Waals surface area contributed by atoms with E-state index in [9.17, 15) is 9.59 Å². The van der Waals surface area contributed by atoms with Crippen LogP contribution in [-0.2, 0) is 20.9 Å². The molecule has 33 heavy (non-hydrogen) atoms. The van der Waals surface area contributed by atoms with Gasteiger partial charge in [0.2, 0.25) is 0 Å². The van der Waals surface area contributed by atoms with Crippen LogP contribution in [0.15, 0.2) is 48.5 Å². The third-order valence-corrected chi connectivity index (χ3v) is 8.34. The van der Waals surface area contributed by atoms with Crippen LogP contribution in [0.1, 0.15) is 38.2 Å². The molecule has 1 fully saturated rings. The molecule has 6 nitrogen and oxygen atoms in total. The number of ether oxygens (including phenoxy) is 3. The highest BCUT2D eigenvalue weighted by atomic mass is 32.2. The van der Waals surface area contributed by atoms with Crippen molar-refractivity contribution in [2.75, 3.05) is 25.2 Å². The van der Waals surface area contributed by atoms with Gasteiger partial charge in [-0.05, 0) is 54.2 Å². The summed E-state index contributed by atoms with van der Waals surface area (Å²) in [6.45, 7) is 1.46. The van der Waals surface area contributed by atoms with Crippen molar-refractivity contribution in [3.63, 3.8) is 0 Å². The number of benzene rings is 2. The molecule has 0 N–H and O–H groups in total. The number of para-hydroxylation sites is 1. The summed E-state index contributed by atoms with van der Waals surface area (Å²) in [6.07, 6.45) is 1.25. The van der Waals surface area contributed by atoms with E-state index < -0.39 is 11.9 Å². The zero-order valence-electron chi connectivity index (χ0n) is 18.5. The number of pyridine rings is 1. The lowest BCUT2D eigenvalue weighted by Crippen LogP contribution is -2.17. The van der Waals surface area contributed by atoms with Crippen LogP contribution in [-0.4, -0.2) is 42.1 Å². The lowest BCUT2D eigenvalue weighted by atomic mass is 10.0. The molecular weight excluding hydrogens is 458 g/mol. The van der Waals surface area contributed by atoms with E-state index in [0.717, 1.165) is 16.5 Å². The van der Waals surface area contributed by atoms with Crippen LogP contribution in [0, 0.1) is 6.92 Å². The van der Waals surface area contributed by atoms with E-state index in [1.807, 2.05) is 79.0 Å². The number of aromatic nitrogens is 1. The summed E-state index contributed by atoms with van der Waals surface area (Å²) in [7, 11) is 1.32. The molecule has 1 saturated heterocycles. The third kappa shape index (κ3) is 5.62. The minimum absolute atomic E-state index is 0.145. The molecule has 1 aliphatic heterocycles. The van der Waals surface area contributed by atoms with Gasteiger partial charge in [0.05, 0.1) is 28.5 Å². The van der Waals surface area contributed by atoms with E-state index in [1.54, 1.807) is 0 Å².